The lowest BCUT2D eigenvalue weighted by molar-refractivity contribution is -0.133. The Labute approximate surface area is 206 Å². The van der Waals surface area contributed by atoms with Crippen LogP contribution in [0.3, 0.4) is 0 Å². The van der Waals surface area contributed by atoms with Crippen LogP contribution in [0.15, 0.2) is 65.1 Å². The van der Waals surface area contributed by atoms with E-state index in [0.717, 1.165) is 5.56 Å². The van der Waals surface area contributed by atoms with E-state index < -0.39 is 17.7 Å². The molecule has 184 valence electrons. The van der Waals surface area contributed by atoms with E-state index in [0.29, 0.717) is 23.2 Å². The number of aromatic hydroxyl groups is 1. The molecule has 7 N–H and O–H groups in total. The van der Waals surface area contributed by atoms with Crippen LogP contribution in [0.2, 0.25) is 0 Å². The number of benzene rings is 3. The largest absolute Gasteiger partial charge is 0.504 e. The summed E-state index contributed by atoms with van der Waals surface area (Å²) in [5.74, 6) is -1.03. The standard InChI is InChI=1S/C27H25N3O6/c28-19-12-16(13-20(29)27(19)34)26(33)25-18-10-9-17(35-24(32)11-15-5-2-1-3-6-15)14-22(18)36-21(25)7-4-8-23(30)31/h1-3,5-6,9-10,12-14,34H,4,7-8,11,28-29H2,(H2,30,31). The second-order valence-electron chi connectivity index (χ2n) is 8.35. The Hall–Kier alpha value is -4.79. The second kappa shape index (κ2) is 10.2. The van der Waals surface area contributed by atoms with Gasteiger partial charge in [0, 0.05) is 29.9 Å². The Bertz CT molecular complexity index is 1440. The van der Waals surface area contributed by atoms with E-state index in [-0.39, 0.29) is 53.3 Å². The maximum Gasteiger partial charge on any atom is 0.315 e. The number of esters is 1. The molecule has 0 aliphatic carbocycles. The average Bonchev–Trinajstić information content (AvgIpc) is 3.19. The number of fused-ring (bicyclic) bond motifs is 1. The minimum Gasteiger partial charge on any atom is -0.504 e. The summed E-state index contributed by atoms with van der Waals surface area (Å²) in [5.41, 5.74) is 18.4. The molecule has 4 rings (SSSR count). The number of carbonyl (C=O) groups is 3. The molecule has 1 amide bonds. The summed E-state index contributed by atoms with van der Waals surface area (Å²) in [4.78, 5) is 37.1. The second-order valence-corrected chi connectivity index (χ2v) is 8.35. The minimum absolute atomic E-state index is 0.0333. The summed E-state index contributed by atoms with van der Waals surface area (Å²) in [7, 11) is 0. The first-order valence-corrected chi connectivity index (χ1v) is 11.2. The fourth-order valence-corrected chi connectivity index (χ4v) is 3.92. The molecular formula is C27H25N3O6. The van der Waals surface area contributed by atoms with Gasteiger partial charge in [-0.2, -0.15) is 0 Å². The number of aryl methyl sites for hydroxylation is 1. The van der Waals surface area contributed by atoms with Crippen molar-refractivity contribution in [2.75, 3.05) is 11.5 Å². The molecule has 0 saturated carbocycles. The highest BCUT2D eigenvalue weighted by molar-refractivity contribution is 6.17. The molecule has 1 aromatic heterocycles. The molecule has 9 heteroatoms. The fraction of sp³-hybridized carbons (Fsp3) is 0.148. The van der Waals surface area contributed by atoms with Crippen molar-refractivity contribution in [2.24, 2.45) is 5.73 Å². The molecular weight excluding hydrogens is 462 g/mol. The molecule has 0 radical (unpaired) electrons. The third kappa shape index (κ3) is 5.30. The van der Waals surface area contributed by atoms with Gasteiger partial charge in [0.2, 0.25) is 5.91 Å². The zero-order valence-corrected chi connectivity index (χ0v) is 19.3. The number of amides is 1. The summed E-state index contributed by atoms with van der Waals surface area (Å²) in [6, 6.07) is 16.6. The lowest BCUT2D eigenvalue weighted by Gasteiger charge is -2.08. The smallest absolute Gasteiger partial charge is 0.315 e. The highest BCUT2D eigenvalue weighted by Gasteiger charge is 2.24. The van der Waals surface area contributed by atoms with E-state index >= 15 is 0 Å². The van der Waals surface area contributed by atoms with Crippen LogP contribution in [-0.4, -0.2) is 22.8 Å². The fourth-order valence-electron chi connectivity index (χ4n) is 3.92. The minimum atomic E-state index is -0.467. The molecule has 0 fully saturated rings. The molecule has 0 aliphatic heterocycles. The Kier molecular flexibility index (Phi) is 6.91. The van der Waals surface area contributed by atoms with Gasteiger partial charge in [-0.3, -0.25) is 14.4 Å². The summed E-state index contributed by atoms with van der Waals surface area (Å²) < 4.78 is 11.4. The highest BCUT2D eigenvalue weighted by Crippen LogP contribution is 2.35. The van der Waals surface area contributed by atoms with Gasteiger partial charge < -0.3 is 31.5 Å². The predicted molar refractivity (Wildman–Crippen MR) is 134 cm³/mol. The Morgan fingerprint density at radius 3 is 2.31 bits per heavy atom. The third-order valence-corrected chi connectivity index (χ3v) is 5.64. The number of rotatable bonds is 9. The van der Waals surface area contributed by atoms with E-state index in [1.54, 1.807) is 12.1 Å². The monoisotopic (exact) mass is 487 g/mol. The van der Waals surface area contributed by atoms with Gasteiger partial charge in [-0.25, -0.2) is 0 Å². The quantitative estimate of drug-likeness (QED) is 0.0913. The van der Waals surface area contributed by atoms with Crippen LogP contribution >= 0.6 is 0 Å². The van der Waals surface area contributed by atoms with Crippen molar-refractivity contribution < 1.29 is 28.6 Å². The van der Waals surface area contributed by atoms with Crippen LogP contribution in [0.4, 0.5) is 11.4 Å². The predicted octanol–water partition coefficient (Wildman–Crippen LogP) is 3.49. The molecule has 1 heterocycles. The van der Waals surface area contributed by atoms with Crippen molar-refractivity contribution >= 4 is 40.0 Å². The van der Waals surface area contributed by atoms with Crippen LogP contribution in [-0.2, 0) is 22.4 Å². The van der Waals surface area contributed by atoms with E-state index in [4.69, 9.17) is 26.4 Å². The van der Waals surface area contributed by atoms with Gasteiger partial charge in [-0.1, -0.05) is 30.3 Å². The molecule has 0 bridgehead atoms. The Morgan fingerprint density at radius 1 is 0.944 bits per heavy atom. The average molecular weight is 488 g/mol. The van der Waals surface area contributed by atoms with Crippen molar-refractivity contribution in [3.63, 3.8) is 0 Å². The lowest BCUT2D eigenvalue weighted by atomic mass is 9.97. The van der Waals surface area contributed by atoms with Crippen molar-refractivity contribution in [1.82, 2.24) is 0 Å². The number of nitrogens with two attached hydrogens (primary N) is 3. The topological polar surface area (TPSA) is 172 Å². The molecule has 0 atom stereocenters. The molecule has 0 spiro atoms. The lowest BCUT2D eigenvalue weighted by Crippen LogP contribution is -2.11. The first kappa shape index (κ1) is 24.3. The number of furan rings is 1. The third-order valence-electron chi connectivity index (χ3n) is 5.64. The van der Waals surface area contributed by atoms with Gasteiger partial charge in [0.25, 0.3) is 0 Å². The Morgan fingerprint density at radius 2 is 1.64 bits per heavy atom. The molecule has 9 nitrogen and oxygen atoms in total. The number of hydrogen-bond acceptors (Lipinski definition) is 8. The van der Waals surface area contributed by atoms with Gasteiger partial charge >= 0.3 is 5.97 Å². The van der Waals surface area contributed by atoms with Gasteiger partial charge in [-0.15, -0.1) is 0 Å². The zero-order chi connectivity index (χ0) is 25.8. The van der Waals surface area contributed by atoms with Crippen LogP contribution in [0.5, 0.6) is 11.5 Å². The number of nitrogen functional groups attached to an aromatic ring is 2. The molecule has 0 unspecified atom stereocenters. The van der Waals surface area contributed by atoms with E-state index in [1.807, 2.05) is 30.3 Å². The summed E-state index contributed by atoms with van der Waals surface area (Å²) in [6.07, 6.45) is 0.855. The molecule has 0 aliphatic rings. The summed E-state index contributed by atoms with van der Waals surface area (Å²) in [6.45, 7) is 0. The summed E-state index contributed by atoms with van der Waals surface area (Å²) >= 11 is 0. The van der Waals surface area contributed by atoms with E-state index in [2.05, 4.69) is 0 Å². The van der Waals surface area contributed by atoms with Crippen molar-refractivity contribution in [3.05, 3.63) is 83.1 Å². The number of primary amides is 1. The Balaban J connectivity index is 1.67. The van der Waals surface area contributed by atoms with Crippen LogP contribution in [0.25, 0.3) is 11.0 Å². The van der Waals surface area contributed by atoms with E-state index in [1.165, 1.54) is 18.2 Å². The molecule has 3 aromatic carbocycles. The van der Waals surface area contributed by atoms with Gasteiger partial charge in [0.15, 0.2) is 11.5 Å². The number of phenolic OH excluding ortho intramolecular Hbond substituents is 1. The number of phenols is 1. The van der Waals surface area contributed by atoms with Gasteiger partial charge in [0.1, 0.15) is 17.1 Å². The molecule has 4 aromatic rings. The zero-order valence-electron chi connectivity index (χ0n) is 19.3. The number of carbonyl (C=O) groups excluding carboxylic acids is 3. The van der Waals surface area contributed by atoms with Crippen LogP contribution in [0.1, 0.15) is 40.1 Å². The maximum atomic E-state index is 13.5. The van der Waals surface area contributed by atoms with Gasteiger partial charge in [0.05, 0.1) is 23.4 Å². The van der Waals surface area contributed by atoms with Crippen molar-refractivity contribution in [1.29, 1.82) is 0 Å². The van der Waals surface area contributed by atoms with Crippen molar-refractivity contribution in [2.45, 2.75) is 25.7 Å². The van der Waals surface area contributed by atoms with Gasteiger partial charge in [-0.05, 0) is 36.2 Å². The molecule has 0 saturated heterocycles. The van der Waals surface area contributed by atoms with E-state index in [9.17, 15) is 19.5 Å². The number of anilines is 2. The number of hydrogen-bond donors (Lipinski definition) is 4. The number of ether oxygens (including phenoxy) is 1. The SMILES string of the molecule is NC(=O)CCCc1oc2cc(OC(=O)Cc3ccccc3)ccc2c1C(=O)c1cc(N)c(O)c(N)c1. The first-order chi connectivity index (χ1) is 17.2. The molecule has 36 heavy (non-hydrogen) atoms. The number of ketones is 1. The highest BCUT2D eigenvalue weighted by atomic mass is 16.5. The summed E-state index contributed by atoms with van der Waals surface area (Å²) in [5, 5.41) is 10.4. The van der Waals surface area contributed by atoms with Crippen LogP contribution < -0.4 is 21.9 Å². The maximum absolute atomic E-state index is 13.5. The normalized spacial score (nSPS) is 10.9. The van der Waals surface area contributed by atoms with Crippen LogP contribution in [0, 0.1) is 0 Å². The van der Waals surface area contributed by atoms with Crippen molar-refractivity contribution in [3.8, 4) is 11.5 Å². The first-order valence-electron chi connectivity index (χ1n) is 11.2.